The van der Waals surface area contributed by atoms with Gasteiger partial charge in [-0.25, -0.2) is 0 Å². The van der Waals surface area contributed by atoms with Gasteiger partial charge in [0.1, 0.15) is 5.69 Å². The number of nitrogen functional groups attached to an aromatic ring is 1. The third kappa shape index (κ3) is 1.48. The van der Waals surface area contributed by atoms with Gasteiger partial charge in [0.2, 0.25) is 11.0 Å². The Labute approximate surface area is 97.3 Å². The van der Waals surface area contributed by atoms with E-state index in [4.69, 9.17) is 5.73 Å². The molecule has 5 heteroatoms. The summed E-state index contributed by atoms with van der Waals surface area (Å²) in [5.41, 5.74) is 8.13. The topological polar surface area (TPSA) is 70.8 Å². The van der Waals surface area contributed by atoms with E-state index in [-0.39, 0.29) is 0 Å². The van der Waals surface area contributed by atoms with E-state index in [1.807, 2.05) is 12.1 Å². The Kier molecular flexibility index (Phi) is 1.98. The summed E-state index contributed by atoms with van der Waals surface area (Å²) in [5.74, 6) is 0. The van der Waals surface area contributed by atoms with Crippen LogP contribution in [0.4, 0.5) is 5.69 Å². The molecule has 0 unspecified atom stereocenters. The number of benzene rings is 2. The van der Waals surface area contributed by atoms with Crippen LogP contribution in [0.15, 0.2) is 48.5 Å². The zero-order valence-electron chi connectivity index (χ0n) is 8.95. The van der Waals surface area contributed by atoms with E-state index in [0.717, 1.165) is 4.85 Å². The molecule has 0 aliphatic carbocycles. The number of hydrogen-bond acceptors (Lipinski definition) is 3. The minimum absolute atomic E-state index is 0.537. The van der Waals surface area contributed by atoms with Gasteiger partial charge in [-0.05, 0) is 35.1 Å². The highest BCUT2D eigenvalue weighted by molar-refractivity contribution is 5.70. The summed E-state index contributed by atoms with van der Waals surface area (Å²) >= 11 is 0. The largest absolute Gasteiger partial charge is 0.692 e. The van der Waals surface area contributed by atoms with Gasteiger partial charge in [-0.2, -0.15) is 0 Å². The Bertz CT molecular complexity index is 690. The number of rotatable bonds is 1. The van der Waals surface area contributed by atoms with Crippen LogP contribution in [-0.4, -0.2) is 9.90 Å². The number of hydrogen-bond donors (Lipinski definition) is 1. The quantitative estimate of drug-likeness (QED) is 0.385. The summed E-state index contributed by atoms with van der Waals surface area (Å²) in [4.78, 5) is 2.05. The molecule has 1 heterocycles. The van der Waals surface area contributed by atoms with Crippen LogP contribution >= 0.6 is 0 Å². The van der Waals surface area contributed by atoms with Gasteiger partial charge in [-0.15, -0.1) is 4.85 Å². The van der Waals surface area contributed by atoms with Crippen molar-refractivity contribution in [3.8, 4) is 5.69 Å². The van der Waals surface area contributed by atoms with Gasteiger partial charge in [-0.3, -0.25) is 0 Å². The number of anilines is 1. The monoisotopic (exact) mass is 226 g/mol. The first-order valence-electron chi connectivity index (χ1n) is 5.19. The molecule has 0 saturated carbocycles. The van der Waals surface area contributed by atoms with Gasteiger partial charge >= 0.3 is 0 Å². The second kappa shape index (κ2) is 3.48. The highest BCUT2D eigenvalue weighted by Gasteiger charge is 2.14. The second-order valence-electron chi connectivity index (χ2n) is 3.75. The maximum Gasteiger partial charge on any atom is 0.250 e. The van der Waals surface area contributed by atoms with E-state index in [9.17, 15) is 5.21 Å². The highest BCUT2D eigenvalue weighted by Crippen LogP contribution is 2.12. The van der Waals surface area contributed by atoms with Gasteiger partial charge in [0.25, 0.3) is 0 Å². The van der Waals surface area contributed by atoms with Crippen LogP contribution in [0.5, 0.6) is 0 Å². The summed E-state index contributed by atoms with van der Waals surface area (Å²) in [5, 5.41) is 16.3. The molecule has 2 aromatic carbocycles. The SMILES string of the molecule is Nc1cccc(-n2nc3ccccc3[n+]2[O-])c1. The van der Waals surface area contributed by atoms with Gasteiger partial charge in [-0.1, -0.05) is 18.2 Å². The number of fused-ring (bicyclic) bond motifs is 1. The van der Waals surface area contributed by atoms with Crippen LogP contribution in [0, 0.1) is 5.21 Å². The summed E-state index contributed by atoms with van der Waals surface area (Å²) in [7, 11) is 0. The van der Waals surface area contributed by atoms with E-state index >= 15 is 0 Å². The van der Waals surface area contributed by atoms with Crippen molar-refractivity contribution >= 4 is 16.7 Å². The molecule has 0 fully saturated rings. The molecule has 0 radical (unpaired) electrons. The van der Waals surface area contributed by atoms with Gasteiger partial charge in [0.05, 0.1) is 5.10 Å². The molecule has 0 bridgehead atoms. The Morgan fingerprint density at radius 1 is 1.12 bits per heavy atom. The van der Waals surface area contributed by atoms with Crippen LogP contribution in [0.2, 0.25) is 0 Å². The molecule has 1 aromatic heterocycles. The van der Waals surface area contributed by atoms with Crippen LogP contribution < -0.4 is 10.6 Å². The highest BCUT2D eigenvalue weighted by atomic mass is 16.5. The van der Waals surface area contributed by atoms with Crippen molar-refractivity contribution < 1.29 is 4.85 Å². The Balaban J connectivity index is 2.27. The molecule has 0 spiro atoms. The number of aromatic nitrogens is 3. The lowest BCUT2D eigenvalue weighted by Gasteiger charge is -2.03. The second-order valence-corrected chi connectivity index (χ2v) is 3.75. The lowest BCUT2D eigenvalue weighted by atomic mass is 10.3. The normalized spacial score (nSPS) is 10.8. The molecule has 0 amide bonds. The fraction of sp³-hybridized carbons (Fsp3) is 0. The van der Waals surface area contributed by atoms with E-state index in [2.05, 4.69) is 5.10 Å². The van der Waals surface area contributed by atoms with E-state index in [0.29, 0.717) is 22.4 Å². The van der Waals surface area contributed by atoms with Crippen molar-refractivity contribution in [2.45, 2.75) is 0 Å². The lowest BCUT2D eigenvalue weighted by molar-refractivity contribution is -0.664. The number of nitrogens with two attached hydrogens (primary N) is 1. The van der Waals surface area contributed by atoms with Gasteiger partial charge in [0.15, 0.2) is 0 Å². The predicted molar refractivity (Wildman–Crippen MR) is 64.4 cm³/mol. The van der Waals surface area contributed by atoms with E-state index < -0.39 is 0 Å². The molecule has 0 saturated heterocycles. The molecule has 3 rings (SSSR count). The average molecular weight is 226 g/mol. The molecule has 0 aliphatic rings. The molecular weight excluding hydrogens is 216 g/mol. The third-order valence-corrected chi connectivity index (χ3v) is 2.56. The van der Waals surface area contributed by atoms with Crippen LogP contribution in [0.3, 0.4) is 0 Å². The smallest absolute Gasteiger partial charge is 0.250 e. The van der Waals surface area contributed by atoms with Crippen LogP contribution in [0.25, 0.3) is 16.7 Å². The zero-order valence-corrected chi connectivity index (χ0v) is 8.95. The van der Waals surface area contributed by atoms with Crippen LogP contribution in [-0.2, 0) is 0 Å². The summed E-state index contributed by atoms with van der Waals surface area (Å²) in [6.07, 6.45) is 0. The van der Waals surface area contributed by atoms with Crippen molar-refractivity contribution in [1.82, 2.24) is 9.90 Å². The lowest BCUT2D eigenvalue weighted by Crippen LogP contribution is -2.37. The third-order valence-electron chi connectivity index (χ3n) is 2.56. The van der Waals surface area contributed by atoms with E-state index in [1.54, 1.807) is 36.4 Å². The molecule has 84 valence electrons. The first-order valence-corrected chi connectivity index (χ1v) is 5.19. The molecule has 3 aromatic rings. The fourth-order valence-electron chi connectivity index (χ4n) is 1.77. The minimum Gasteiger partial charge on any atom is -0.692 e. The minimum atomic E-state index is 0.537. The van der Waals surface area contributed by atoms with Gasteiger partial charge < -0.3 is 10.9 Å². The molecular formula is C12H10N4O. The average Bonchev–Trinajstić information content (AvgIpc) is 2.68. The Hall–Kier alpha value is -2.56. The first-order chi connectivity index (χ1) is 8.25. The zero-order chi connectivity index (χ0) is 11.8. The molecule has 0 aliphatic heterocycles. The summed E-state index contributed by atoms with van der Waals surface area (Å²) in [6, 6.07) is 14.2. The molecule has 17 heavy (non-hydrogen) atoms. The molecule has 0 atom stereocenters. The fourth-order valence-corrected chi connectivity index (χ4v) is 1.77. The van der Waals surface area contributed by atoms with Crippen molar-refractivity contribution in [1.29, 1.82) is 0 Å². The van der Waals surface area contributed by atoms with Crippen LogP contribution in [0.1, 0.15) is 0 Å². The first kappa shape index (κ1) is 9.65. The van der Waals surface area contributed by atoms with Crippen molar-refractivity contribution in [3.63, 3.8) is 0 Å². The van der Waals surface area contributed by atoms with Crippen molar-refractivity contribution in [2.75, 3.05) is 5.73 Å². The predicted octanol–water partition coefficient (Wildman–Crippen LogP) is 1.24. The standard InChI is InChI=1S/C12H10N4O/c13-9-4-3-5-10(8-9)15-14-11-6-1-2-7-12(11)16(15)17/h1-8H,13H2. The summed E-state index contributed by atoms with van der Waals surface area (Å²) in [6.45, 7) is 0. The van der Waals surface area contributed by atoms with Crippen molar-refractivity contribution in [3.05, 3.63) is 53.7 Å². The van der Waals surface area contributed by atoms with E-state index in [1.165, 1.54) is 4.80 Å². The number of para-hydroxylation sites is 1. The molecule has 5 nitrogen and oxygen atoms in total. The maximum absolute atomic E-state index is 12.0. The van der Waals surface area contributed by atoms with Gasteiger partial charge in [0, 0.05) is 5.69 Å². The summed E-state index contributed by atoms with van der Waals surface area (Å²) < 4.78 is 0. The maximum atomic E-state index is 12.0. The number of nitrogens with zero attached hydrogens (tertiary/aromatic N) is 3. The Morgan fingerprint density at radius 2 is 1.94 bits per heavy atom. The van der Waals surface area contributed by atoms with Crippen molar-refractivity contribution in [2.24, 2.45) is 0 Å². The molecule has 2 N–H and O–H groups in total. The Morgan fingerprint density at radius 3 is 2.71 bits per heavy atom.